The van der Waals surface area contributed by atoms with E-state index in [1.165, 1.54) is 11.9 Å². The van der Waals surface area contributed by atoms with E-state index in [1.54, 1.807) is 0 Å². The number of likely N-dealkylation sites (tertiary alicyclic amines) is 1. The van der Waals surface area contributed by atoms with Crippen molar-refractivity contribution in [2.75, 3.05) is 12.4 Å². The maximum Gasteiger partial charge on any atom is 0.251 e. The van der Waals surface area contributed by atoms with Crippen LogP contribution in [0.25, 0.3) is 0 Å². The topological polar surface area (TPSA) is 49.4 Å². The number of nitrogens with zero attached hydrogens (tertiary/aromatic N) is 1. The van der Waals surface area contributed by atoms with Crippen molar-refractivity contribution in [1.82, 2.24) is 4.90 Å². The second-order valence-electron chi connectivity index (χ2n) is 4.18. The predicted octanol–water partition coefficient (Wildman–Crippen LogP) is 1.93. The predicted molar refractivity (Wildman–Crippen MR) is 68.7 cm³/mol. The van der Waals surface area contributed by atoms with Crippen LogP contribution in [0, 0.1) is 6.92 Å². The minimum absolute atomic E-state index is 0.142. The fourth-order valence-electron chi connectivity index (χ4n) is 1.81. The summed E-state index contributed by atoms with van der Waals surface area (Å²) in [6, 6.07) is 5.39. The van der Waals surface area contributed by atoms with Gasteiger partial charge >= 0.3 is 0 Å². The molecule has 0 aliphatic carbocycles. The van der Waals surface area contributed by atoms with Crippen molar-refractivity contribution in [2.24, 2.45) is 0 Å². The number of carbonyl (C=O) groups is 2. The molecule has 0 radical (unpaired) electrons. The summed E-state index contributed by atoms with van der Waals surface area (Å²) in [6.45, 7) is 1.98. The van der Waals surface area contributed by atoms with Crippen LogP contribution in [0.15, 0.2) is 22.7 Å². The lowest BCUT2D eigenvalue weighted by Gasteiger charge is -2.14. The number of hydrogen-bond donors (Lipinski definition) is 1. The van der Waals surface area contributed by atoms with Crippen LogP contribution in [0.5, 0.6) is 0 Å². The average Bonchev–Trinajstić information content (AvgIpc) is 2.52. The summed E-state index contributed by atoms with van der Waals surface area (Å²) in [5.41, 5.74) is 1.94. The molecule has 1 N–H and O–H groups in total. The van der Waals surface area contributed by atoms with Gasteiger partial charge in [0.25, 0.3) is 5.91 Å². The third kappa shape index (κ3) is 2.34. The Morgan fingerprint density at radius 3 is 2.71 bits per heavy atom. The number of nitrogens with one attached hydrogen (secondary N) is 1. The quantitative estimate of drug-likeness (QED) is 0.849. The highest BCUT2D eigenvalue weighted by Gasteiger charge is 2.36. The van der Waals surface area contributed by atoms with Crippen LogP contribution in [-0.2, 0) is 9.59 Å². The maximum absolute atomic E-state index is 11.7. The Kier molecular flexibility index (Phi) is 3.19. The van der Waals surface area contributed by atoms with Gasteiger partial charge in [-0.1, -0.05) is 6.07 Å². The largest absolute Gasteiger partial charge is 0.372 e. The van der Waals surface area contributed by atoms with Gasteiger partial charge in [-0.2, -0.15) is 0 Å². The molecular weight excluding hydrogens is 284 g/mol. The van der Waals surface area contributed by atoms with Gasteiger partial charge in [-0.3, -0.25) is 14.5 Å². The average molecular weight is 297 g/mol. The molecule has 1 aliphatic rings. The SMILES string of the molecule is Cc1ccc(Br)c(NC2CC(=O)N(C)C2=O)c1. The third-order valence-electron chi connectivity index (χ3n) is 2.83. The van der Waals surface area contributed by atoms with Crippen molar-refractivity contribution in [1.29, 1.82) is 0 Å². The summed E-state index contributed by atoms with van der Waals surface area (Å²) < 4.78 is 0.887. The molecule has 5 heteroatoms. The highest BCUT2D eigenvalue weighted by atomic mass is 79.9. The van der Waals surface area contributed by atoms with Crippen LogP contribution in [0.1, 0.15) is 12.0 Å². The fourth-order valence-corrected chi connectivity index (χ4v) is 2.17. The summed E-state index contributed by atoms with van der Waals surface area (Å²) in [5.74, 6) is -0.320. The number of rotatable bonds is 2. The molecular formula is C12H13BrN2O2. The summed E-state index contributed by atoms with van der Waals surface area (Å²) >= 11 is 3.42. The van der Waals surface area contributed by atoms with E-state index < -0.39 is 6.04 Å². The normalized spacial score (nSPS) is 19.9. The lowest BCUT2D eigenvalue weighted by Crippen LogP contribution is -2.31. The third-order valence-corrected chi connectivity index (χ3v) is 3.52. The Morgan fingerprint density at radius 1 is 1.41 bits per heavy atom. The standard InChI is InChI=1S/C12H13BrN2O2/c1-7-3-4-8(13)9(5-7)14-10-6-11(16)15(2)12(10)17/h3-5,10,14H,6H2,1-2H3. The molecule has 4 nitrogen and oxygen atoms in total. The number of halogens is 1. The van der Waals surface area contributed by atoms with Crippen LogP contribution in [0.3, 0.4) is 0 Å². The minimum Gasteiger partial charge on any atom is -0.372 e. The van der Waals surface area contributed by atoms with Crippen molar-refractivity contribution >= 4 is 33.4 Å². The molecule has 0 bridgehead atoms. The Morgan fingerprint density at radius 2 is 2.12 bits per heavy atom. The smallest absolute Gasteiger partial charge is 0.251 e. The number of benzene rings is 1. The molecule has 2 rings (SSSR count). The first-order chi connectivity index (χ1) is 7.99. The number of aryl methyl sites for hydroxylation is 1. The first-order valence-corrected chi connectivity index (χ1v) is 6.11. The Balaban J connectivity index is 2.19. The van der Waals surface area contributed by atoms with Gasteiger partial charge in [-0.15, -0.1) is 0 Å². The van der Waals surface area contributed by atoms with Crippen LogP contribution in [0.2, 0.25) is 0 Å². The monoisotopic (exact) mass is 296 g/mol. The number of hydrogen-bond acceptors (Lipinski definition) is 3. The lowest BCUT2D eigenvalue weighted by molar-refractivity contribution is -0.136. The van der Waals surface area contributed by atoms with Gasteiger partial charge in [0, 0.05) is 17.2 Å². The molecule has 1 saturated heterocycles. The molecule has 1 atom stereocenters. The van der Waals surface area contributed by atoms with E-state index in [1.807, 2.05) is 25.1 Å². The van der Waals surface area contributed by atoms with E-state index in [4.69, 9.17) is 0 Å². The van der Waals surface area contributed by atoms with Crippen molar-refractivity contribution in [3.8, 4) is 0 Å². The molecule has 1 unspecified atom stereocenters. The first kappa shape index (κ1) is 12.1. The van der Waals surface area contributed by atoms with Gasteiger partial charge in [0.1, 0.15) is 6.04 Å². The molecule has 90 valence electrons. The summed E-state index contributed by atoms with van der Waals surface area (Å²) in [6.07, 6.45) is 0.218. The summed E-state index contributed by atoms with van der Waals surface area (Å²) in [5, 5.41) is 3.10. The first-order valence-electron chi connectivity index (χ1n) is 5.32. The van der Waals surface area contributed by atoms with E-state index in [-0.39, 0.29) is 18.2 Å². The number of imide groups is 1. The van der Waals surface area contributed by atoms with Gasteiger partial charge in [0.05, 0.1) is 6.42 Å². The number of anilines is 1. The second kappa shape index (κ2) is 4.49. The zero-order valence-electron chi connectivity index (χ0n) is 9.66. The second-order valence-corrected chi connectivity index (χ2v) is 5.03. The van der Waals surface area contributed by atoms with Crippen LogP contribution in [-0.4, -0.2) is 29.8 Å². The maximum atomic E-state index is 11.7. The molecule has 0 aromatic heterocycles. The zero-order valence-corrected chi connectivity index (χ0v) is 11.2. The van der Waals surface area contributed by atoms with E-state index in [0.29, 0.717) is 0 Å². The lowest BCUT2D eigenvalue weighted by atomic mass is 10.2. The van der Waals surface area contributed by atoms with Gasteiger partial charge in [-0.05, 0) is 40.5 Å². The Bertz CT molecular complexity index is 487. The fraction of sp³-hybridized carbons (Fsp3) is 0.333. The zero-order chi connectivity index (χ0) is 12.6. The van der Waals surface area contributed by atoms with Crippen LogP contribution < -0.4 is 5.32 Å². The van der Waals surface area contributed by atoms with E-state index in [0.717, 1.165) is 15.7 Å². The molecule has 2 amide bonds. The van der Waals surface area contributed by atoms with E-state index >= 15 is 0 Å². The molecule has 0 saturated carbocycles. The Labute approximate surface area is 108 Å². The Hall–Kier alpha value is -1.36. The molecule has 1 aliphatic heterocycles. The van der Waals surface area contributed by atoms with Crippen molar-refractivity contribution in [3.63, 3.8) is 0 Å². The van der Waals surface area contributed by atoms with Crippen molar-refractivity contribution in [3.05, 3.63) is 28.2 Å². The number of amides is 2. The van der Waals surface area contributed by atoms with E-state index in [2.05, 4.69) is 21.2 Å². The van der Waals surface area contributed by atoms with Crippen LogP contribution in [0.4, 0.5) is 5.69 Å². The van der Waals surface area contributed by atoms with Gasteiger partial charge in [-0.25, -0.2) is 0 Å². The number of likely N-dealkylation sites (N-methyl/N-ethyl adjacent to an activating group) is 1. The molecule has 1 aromatic rings. The molecule has 1 heterocycles. The highest BCUT2D eigenvalue weighted by molar-refractivity contribution is 9.10. The molecule has 0 spiro atoms. The molecule has 17 heavy (non-hydrogen) atoms. The summed E-state index contributed by atoms with van der Waals surface area (Å²) in [7, 11) is 1.51. The van der Waals surface area contributed by atoms with Gasteiger partial charge in [0.15, 0.2) is 0 Å². The van der Waals surface area contributed by atoms with Crippen molar-refractivity contribution in [2.45, 2.75) is 19.4 Å². The van der Waals surface area contributed by atoms with E-state index in [9.17, 15) is 9.59 Å². The summed E-state index contributed by atoms with van der Waals surface area (Å²) in [4.78, 5) is 24.3. The van der Waals surface area contributed by atoms with Crippen molar-refractivity contribution < 1.29 is 9.59 Å². The minimum atomic E-state index is -0.453. The molecule has 1 aromatic carbocycles. The van der Waals surface area contributed by atoms with Crippen LogP contribution >= 0.6 is 15.9 Å². The van der Waals surface area contributed by atoms with Gasteiger partial charge in [0.2, 0.25) is 5.91 Å². The highest BCUT2D eigenvalue weighted by Crippen LogP contribution is 2.26. The number of carbonyl (C=O) groups excluding carboxylic acids is 2. The molecule has 1 fully saturated rings. The van der Waals surface area contributed by atoms with Gasteiger partial charge < -0.3 is 5.32 Å².